The zero-order chi connectivity index (χ0) is 13.1. The average molecular weight is 246 g/mol. The number of ether oxygens (including phenoxy) is 1. The zero-order valence-corrected chi connectivity index (χ0v) is 10.3. The van der Waals surface area contributed by atoms with Gasteiger partial charge in [0, 0.05) is 17.4 Å². The van der Waals surface area contributed by atoms with Gasteiger partial charge < -0.3 is 15.8 Å². The van der Waals surface area contributed by atoms with Crippen LogP contribution in [0, 0.1) is 12.7 Å². The van der Waals surface area contributed by atoms with Gasteiger partial charge in [-0.15, -0.1) is 0 Å². The first kappa shape index (κ1) is 12.2. The van der Waals surface area contributed by atoms with Crippen molar-refractivity contribution in [2.75, 3.05) is 18.2 Å². The Balaban J connectivity index is 2.33. The predicted molar refractivity (Wildman–Crippen MR) is 71.8 cm³/mol. The van der Waals surface area contributed by atoms with Crippen molar-refractivity contribution in [3.63, 3.8) is 0 Å². The summed E-state index contributed by atoms with van der Waals surface area (Å²) in [5, 5.41) is 2.99. The number of rotatable bonds is 3. The third-order valence-electron chi connectivity index (χ3n) is 2.55. The minimum absolute atomic E-state index is 0.337. The van der Waals surface area contributed by atoms with Gasteiger partial charge in [-0.05, 0) is 42.8 Å². The summed E-state index contributed by atoms with van der Waals surface area (Å²) in [6, 6.07) is 10.0. The molecule has 0 aliphatic carbocycles. The Kier molecular flexibility index (Phi) is 3.37. The number of halogens is 1. The summed E-state index contributed by atoms with van der Waals surface area (Å²) < 4.78 is 18.7. The predicted octanol–water partition coefficient (Wildman–Crippen LogP) is 3.47. The molecule has 2 rings (SSSR count). The number of anilines is 3. The van der Waals surface area contributed by atoms with E-state index in [9.17, 15) is 4.39 Å². The van der Waals surface area contributed by atoms with E-state index in [1.54, 1.807) is 25.3 Å². The number of aryl methyl sites for hydroxylation is 1. The molecule has 0 amide bonds. The molecular weight excluding hydrogens is 231 g/mol. The van der Waals surface area contributed by atoms with E-state index in [1.807, 2.05) is 19.1 Å². The van der Waals surface area contributed by atoms with E-state index in [0.717, 1.165) is 11.3 Å². The van der Waals surface area contributed by atoms with Gasteiger partial charge in [0.25, 0.3) is 0 Å². The molecule has 18 heavy (non-hydrogen) atoms. The Morgan fingerprint density at radius 1 is 1.17 bits per heavy atom. The Labute approximate surface area is 105 Å². The molecule has 3 N–H and O–H groups in total. The number of hydrogen-bond donors (Lipinski definition) is 2. The maximum absolute atomic E-state index is 13.6. The second-order valence-electron chi connectivity index (χ2n) is 4.10. The SMILES string of the molecule is COc1ccc(F)c(Nc2cc(C)cc(N)c2)c1. The molecule has 0 aliphatic rings. The molecule has 0 aliphatic heterocycles. The van der Waals surface area contributed by atoms with Crippen molar-refractivity contribution >= 4 is 17.1 Å². The number of methoxy groups -OCH3 is 1. The molecule has 0 radical (unpaired) electrons. The summed E-state index contributed by atoms with van der Waals surface area (Å²) >= 11 is 0. The topological polar surface area (TPSA) is 47.3 Å². The van der Waals surface area contributed by atoms with Crippen molar-refractivity contribution < 1.29 is 9.13 Å². The lowest BCUT2D eigenvalue weighted by atomic mass is 10.2. The quantitative estimate of drug-likeness (QED) is 0.815. The number of hydrogen-bond acceptors (Lipinski definition) is 3. The molecule has 0 fully saturated rings. The lowest BCUT2D eigenvalue weighted by molar-refractivity contribution is 0.414. The molecule has 2 aromatic rings. The van der Waals surface area contributed by atoms with Crippen LogP contribution in [0.1, 0.15) is 5.56 Å². The maximum atomic E-state index is 13.6. The zero-order valence-electron chi connectivity index (χ0n) is 10.3. The summed E-state index contributed by atoms with van der Waals surface area (Å²) in [4.78, 5) is 0. The highest BCUT2D eigenvalue weighted by Crippen LogP contribution is 2.26. The van der Waals surface area contributed by atoms with Gasteiger partial charge in [0.05, 0.1) is 12.8 Å². The molecule has 0 bridgehead atoms. The smallest absolute Gasteiger partial charge is 0.146 e. The van der Waals surface area contributed by atoms with E-state index in [1.165, 1.54) is 6.07 Å². The molecule has 0 unspecified atom stereocenters. The number of nitrogens with one attached hydrogen (secondary N) is 1. The van der Waals surface area contributed by atoms with Gasteiger partial charge in [0.15, 0.2) is 0 Å². The van der Waals surface area contributed by atoms with E-state index in [0.29, 0.717) is 17.1 Å². The number of benzene rings is 2. The molecule has 3 nitrogen and oxygen atoms in total. The van der Waals surface area contributed by atoms with Gasteiger partial charge in [-0.3, -0.25) is 0 Å². The lowest BCUT2D eigenvalue weighted by Crippen LogP contribution is -1.96. The highest BCUT2D eigenvalue weighted by Gasteiger charge is 2.05. The van der Waals surface area contributed by atoms with Crippen LogP contribution in [-0.2, 0) is 0 Å². The third-order valence-corrected chi connectivity index (χ3v) is 2.55. The fraction of sp³-hybridized carbons (Fsp3) is 0.143. The van der Waals surface area contributed by atoms with Crippen LogP contribution in [0.2, 0.25) is 0 Å². The van der Waals surface area contributed by atoms with Crippen molar-refractivity contribution in [2.45, 2.75) is 6.92 Å². The summed E-state index contributed by atoms with van der Waals surface area (Å²) in [6.45, 7) is 1.93. The normalized spacial score (nSPS) is 10.2. The minimum atomic E-state index is -0.337. The molecular formula is C14H15FN2O. The van der Waals surface area contributed by atoms with E-state index < -0.39 is 0 Å². The molecule has 0 aromatic heterocycles. The van der Waals surface area contributed by atoms with E-state index in [2.05, 4.69) is 5.32 Å². The largest absolute Gasteiger partial charge is 0.497 e. The number of nitrogen functional groups attached to an aromatic ring is 1. The van der Waals surface area contributed by atoms with Gasteiger partial charge in [0.2, 0.25) is 0 Å². The van der Waals surface area contributed by atoms with Crippen LogP contribution in [0.25, 0.3) is 0 Å². The van der Waals surface area contributed by atoms with Crippen molar-refractivity contribution in [2.24, 2.45) is 0 Å². The van der Waals surface area contributed by atoms with Crippen LogP contribution in [0.4, 0.5) is 21.5 Å². The van der Waals surface area contributed by atoms with Crippen LogP contribution in [0.15, 0.2) is 36.4 Å². The average Bonchev–Trinajstić information content (AvgIpc) is 2.30. The van der Waals surface area contributed by atoms with Crippen LogP contribution >= 0.6 is 0 Å². The number of nitrogens with two attached hydrogens (primary N) is 1. The minimum Gasteiger partial charge on any atom is -0.497 e. The molecule has 0 atom stereocenters. The van der Waals surface area contributed by atoms with Gasteiger partial charge in [-0.2, -0.15) is 0 Å². The Bertz CT molecular complexity index is 549. The van der Waals surface area contributed by atoms with Gasteiger partial charge in [0.1, 0.15) is 11.6 Å². The lowest BCUT2D eigenvalue weighted by Gasteiger charge is -2.10. The molecule has 94 valence electrons. The first-order chi connectivity index (χ1) is 8.58. The van der Waals surface area contributed by atoms with Crippen LogP contribution in [-0.4, -0.2) is 7.11 Å². The van der Waals surface area contributed by atoms with E-state index >= 15 is 0 Å². The monoisotopic (exact) mass is 246 g/mol. The highest BCUT2D eigenvalue weighted by atomic mass is 19.1. The van der Waals surface area contributed by atoms with Crippen molar-refractivity contribution in [3.05, 3.63) is 47.8 Å². The van der Waals surface area contributed by atoms with Crippen molar-refractivity contribution in [3.8, 4) is 5.75 Å². The fourth-order valence-corrected chi connectivity index (χ4v) is 1.77. The van der Waals surface area contributed by atoms with Crippen LogP contribution < -0.4 is 15.8 Å². The standard InChI is InChI=1S/C14H15FN2O/c1-9-5-10(16)7-11(6-9)17-14-8-12(18-2)3-4-13(14)15/h3-8,17H,16H2,1-2H3. The first-order valence-electron chi connectivity index (χ1n) is 5.56. The fourth-order valence-electron chi connectivity index (χ4n) is 1.77. The van der Waals surface area contributed by atoms with E-state index in [4.69, 9.17) is 10.5 Å². The van der Waals surface area contributed by atoms with Gasteiger partial charge in [-0.1, -0.05) is 0 Å². The highest BCUT2D eigenvalue weighted by molar-refractivity contribution is 5.66. The van der Waals surface area contributed by atoms with Crippen LogP contribution in [0.5, 0.6) is 5.75 Å². The Morgan fingerprint density at radius 3 is 2.61 bits per heavy atom. The molecule has 0 saturated carbocycles. The molecule has 0 spiro atoms. The third kappa shape index (κ3) is 2.71. The second-order valence-corrected chi connectivity index (χ2v) is 4.10. The summed E-state index contributed by atoms with van der Waals surface area (Å²) in [5.74, 6) is 0.260. The first-order valence-corrected chi connectivity index (χ1v) is 5.56. The van der Waals surface area contributed by atoms with Crippen LogP contribution in [0.3, 0.4) is 0 Å². The molecule has 2 aromatic carbocycles. The summed E-state index contributed by atoms with van der Waals surface area (Å²) in [5.41, 5.74) is 8.51. The molecule has 0 saturated heterocycles. The van der Waals surface area contributed by atoms with Gasteiger partial charge in [-0.25, -0.2) is 4.39 Å². The summed E-state index contributed by atoms with van der Waals surface area (Å²) in [7, 11) is 1.54. The Morgan fingerprint density at radius 2 is 1.94 bits per heavy atom. The maximum Gasteiger partial charge on any atom is 0.146 e. The summed E-state index contributed by atoms with van der Waals surface area (Å²) in [6.07, 6.45) is 0. The molecule has 0 heterocycles. The second kappa shape index (κ2) is 4.96. The Hall–Kier alpha value is -2.23. The molecule has 4 heteroatoms. The van der Waals surface area contributed by atoms with E-state index in [-0.39, 0.29) is 5.82 Å². The van der Waals surface area contributed by atoms with Crippen molar-refractivity contribution in [1.82, 2.24) is 0 Å². The van der Waals surface area contributed by atoms with Crippen molar-refractivity contribution in [1.29, 1.82) is 0 Å². The van der Waals surface area contributed by atoms with Gasteiger partial charge >= 0.3 is 0 Å².